The number of nitrogens with zero attached hydrogens (tertiary/aromatic N) is 2. The van der Waals surface area contributed by atoms with Crippen LogP contribution in [-0.2, 0) is 4.79 Å². The van der Waals surface area contributed by atoms with Crippen LogP contribution in [0.25, 0.3) is 0 Å². The maximum Gasteiger partial charge on any atom is 0.262 e. The van der Waals surface area contributed by atoms with Crippen molar-refractivity contribution < 1.29 is 14.4 Å². The number of imide groups is 1. The van der Waals surface area contributed by atoms with Crippen LogP contribution < -0.4 is 10.2 Å². The second-order valence-corrected chi connectivity index (χ2v) is 8.62. The van der Waals surface area contributed by atoms with Crippen LogP contribution in [0.5, 0.6) is 0 Å². The summed E-state index contributed by atoms with van der Waals surface area (Å²) >= 11 is 0. The van der Waals surface area contributed by atoms with Crippen molar-refractivity contribution in [3.8, 4) is 0 Å². The molecule has 3 atom stereocenters. The molecule has 2 aliphatic heterocycles. The van der Waals surface area contributed by atoms with Crippen LogP contribution in [0, 0.1) is 0 Å². The molecule has 1 N–H and O–H groups in total. The molecular formula is C27H25N3O3. The molecule has 0 unspecified atom stereocenters. The van der Waals surface area contributed by atoms with E-state index in [9.17, 15) is 14.4 Å². The third-order valence-corrected chi connectivity index (χ3v) is 6.51. The van der Waals surface area contributed by atoms with Crippen LogP contribution >= 0.6 is 0 Å². The van der Waals surface area contributed by atoms with Gasteiger partial charge in [-0.05, 0) is 56.2 Å². The first-order valence-electron chi connectivity index (χ1n) is 11.2. The van der Waals surface area contributed by atoms with Gasteiger partial charge in [0.15, 0.2) is 0 Å². The summed E-state index contributed by atoms with van der Waals surface area (Å²) in [6.45, 7) is 3.64. The first-order chi connectivity index (χ1) is 16.0. The lowest BCUT2D eigenvalue weighted by molar-refractivity contribution is -0.122. The zero-order valence-corrected chi connectivity index (χ0v) is 18.6. The average molecular weight is 440 g/mol. The molecule has 0 spiro atoms. The highest BCUT2D eigenvalue weighted by Crippen LogP contribution is 2.39. The summed E-state index contributed by atoms with van der Waals surface area (Å²) in [5.74, 6) is -1.10. The summed E-state index contributed by atoms with van der Waals surface area (Å²) in [4.78, 5) is 42.4. The number of benzene rings is 3. The Hall–Kier alpha value is -3.93. The maximum absolute atomic E-state index is 13.7. The molecule has 0 saturated carbocycles. The zero-order chi connectivity index (χ0) is 23.1. The second-order valence-electron chi connectivity index (χ2n) is 8.62. The largest absolute Gasteiger partial charge is 0.378 e. The van der Waals surface area contributed by atoms with Crippen molar-refractivity contribution in [3.63, 3.8) is 0 Å². The number of carbonyl (C=O) groups is 3. The quantitative estimate of drug-likeness (QED) is 0.601. The first kappa shape index (κ1) is 20.9. The van der Waals surface area contributed by atoms with Gasteiger partial charge in [-0.3, -0.25) is 19.3 Å². The molecule has 5 rings (SSSR count). The minimum absolute atomic E-state index is 0.0391. The van der Waals surface area contributed by atoms with Gasteiger partial charge in [0.2, 0.25) is 5.91 Å². The Kier molecular flexibility index (Phi) is 5.21. The van der Waals surface area contributed by atoms with E-state index in [1.165, 1.54) is 0 Å². The summed E-state index contributed by atoms with van der Waals surface area (Å²) in [7, 11) is 0. The zero-order valence-electron chi connectivity index (χ0n) is 18.6. The molecule has 2 aliphatic rings. The van der Waals surface area contributed by atoms with E-state index in [1.54, 1.807) is 36.1 Å². The van der Waals surface area contributed by atoms with E-state index in [1.807, 2.05) is 61.5 Å². The molecule has 0 radical (unpaired) electrons. The number of nitrogens with one attached hydrogen (secondary N) is 1. The van der Waals surface area contributed by atoms with Gasteiger partial charge in [-0.15, -0.1) is 0 Å². The van der Waals surface area contributed by atoms with Gasteiger partial charge in [-0.2, -0.15) is 0 Å². The van der Waals surface area contributed by atoms with E-state index in [2.05, 4.69) is 5.32 Å². The monoisotopic (exact) mass is 439 g/mol. The summed E-state index contributed by atoms with van der Waals surface area (Å²) < 4.78 is 0. The lowest BCUT2D eigenvalue weighted by Crippen LogP contribution is -2.54. The molecule has 0 aliphatic carbocycles. The highest BCUT2D eigenvalue weighted by molar-refractivity contribution is 6.23. The summed E-state index contributed by atoms with van der Waals surface area (Å²) in [5, 5.41) is 3.58. The Labute approximate surface area is 192 Å². The van der Waals surface area contributed by atoms with Crippen LogP contribution in [0.3, 0.4) is 0 Å². The molecule has 3 aromatic carbocycles. The van der Waals surface area contributed by atoms with Crippen molar-refractivity contribution in [2.75, 3.05) is 10.2 Å². The number of fused-ring (bicyclic) bond motifs is 2. The average Bonchev–Trinajstić information content (AvgIpc) is 3.09. The lowest BCUT2D eigenvalue weighted by atomic mass is 9.90. The number of hydrogen-bond acceptors (Lipinski definition) is 4. The van der Waals surface area contributed by atoms with Gasteiger partial charge in [0.05, 0.1) is 17.2 Å². The smallest absolute Gasteiger partial charge is 0.262 e. The minimum atomic E-state index is -0.911. The van der Waals surface area contributed by atoms with E-state index < -0.39 is 17.9 Å². The molecule has 6 heteroatoms. The van der Waals surface area contributed by atoms with Crippen molar-refractivity contribution in [2.24, 2.45) is 0 Å². The second kappa shape index (κ2) is 8.20. The predicted octanol–water partition coefficient (Wildman–Crippen LogP) is 4.65. The minimum Gasteiger partial charge on any atom is -0.378 e. The highest BCUT2D eigenvalue weighted by Gasteiger charge is 2.44. The molecule has 2 heterocycles. The third kappa shape index (κ3) is 3.48. The number of rotatable bonds is 4. The van der Waals surface area contributed by atoms with Crippen LogP contribution in [0.1, 0.15) is 52.6 Å². The third-order valence-electron chi connectivity index (χ3n) is 6.51. The van der Waals surface area contributed by atoms with E-state index in [-0.39, 0.29) is 18.0 Å². The van der Waals surface area contributed by atoms with Crippen LogP contribution in [0.15, 0.2) is 78.9 Å². The maximum atomic E-state index is 13.7. The van der Waals surface area contributed by atoms with Gasteiger partial charge >= 0.3 is 0 Å². The standard InChI is InChI=1S/C27H25N3O3/c1-17-16-23(28-19-10-4-3-5-11-19)22-14-8-9-15-24(22)29(17)25(31)18(2)30-26(32)20-12-6-7-13-21(20)27(30)33/h3-15,17-18,23,28H,16H2,1-2H3/t17-,18+,23+/m1/s1. The molecule has 3 aromatic rings. The van der Waals surface area contributed by atoms with Crippen molar-refractivity contribution in [2.45, 2.75) is 38.4 Å². The SMILES string of the molecule is C[C@@H]1C[C@H](Nc2ccccc2)c2ccccc2N1C(=O)[C@H](C)N1C(=O)c2ccccc2C1=O. The Bertz CT molecular complexity index is 1210. The molecule has 33 heavy (non-hydrogen) atoms. The lowest BCUT2D eigenvalue weighted by Gasteiger charge is -2.41. The van der Waals surface area contributed by atoms with Crippen molar-refractivity contribution >= 4 is 29.1 Å². The summed E-state index contributed by atoms with van der Waals surface area (Å²) in [6.07, 6.45) is 0.701. The van der Waals surface area contributed by atoms with Crippen molar-refractivity contribution in [3.05, 3.63) is 95.6 Å². The molecule has 0 saturated heterocycles. The Balaban J connectivity index is 1.45. The fourth-order valence-electron chi connectivity index (χ4n) is 4.89. The molecule has 6 nitrogen and oxygen atoms in total. The topological polar surface area (TPSA) is 69.7 Å². The van der Waals surface area contributed by atoms with Gasteiger partial charge in [0, 0.05) is 17.4 Å². The molecular weight excluding hydrogens is 414 g/mol. The normalized spacial score (nSPS) is 20.3. The van der Waals surface area contributed by atoms with Crippen molar-refractivity contribution in [1.82, 2.24) is 4.90 Å². The number of amides is 3. The molecule has 166 valence electrons. The molecule has 0 bridgehead atoms. The number of para-hydroxylation sites is 2. The van der Waals surface area contributed by atoms with Crippen molar-refractivity contribution in [1.29, 1.82) is 0 Å². The van der Waals surface area contributed by atoms with E-state index in [0.717, 1.165) is 21.8 Å². The number of carbonyl (C=O) groups excluding carboxylic acids is 3. The predicted molar refractivity (Wildman–Crippen MR) is 127 cm³/mol. The van der Waals surface area contributed by atoms with Crippen LogP contribution in [0.4, 0.5) is 11.4 Å². The molecule has 3 amide bonds. The fourth-order valence-corrected chi connectivity index (χ4v) is 4.89. The number of anilines is 2. The highest BCUT2D eigenvalue weighted by atomic mass is 16.2. The molecule has 0 fully saturated rings. The van der Waals surface area contributed by atoms with Gasteiger partial charge < -0.3 is 10.2 Å². The van der Waals surface area contributed by atoms with Gasteiger partial charge in [0.1, 0.15) is 6.04 Å². The Morgan fingerprint density at radius 1 is 0.879 bits per heavy atom. The first-order valence-corrected chi connectivity index (χ1v) is 11.2. The fraction of sp³-hybridized carbons (Fsp3) is 0.222. The Morgan fingerprint density at radius 3 is 2.12 bits per heavy atom. The number of hydrogen-bond donors (Lipinski definition) is 1. The van der Waals surface area contributed by atoms with Gasteiger partial charge in [-0.1, -0.05) is 48.5 Å². The van der Waals surface area contributed by atoms with Gasteiger partial charge in [-0.25, -0.2) is 0 Å². The van der Waals surface area contributed by atoms with E-state index >= 15 is 0 Å². The van der Waals surface area contributed by atoms with Crippen LogP contribution in [0.2, 0.25) is 0 Å². The van der Waals surface area contributed by atoms with E-state index in [0.29, 0.717) is 17.5 Å². The van der Waals surface area contributed by atoms with E-state index in [4.69, 9.17) is 0 Å². The van der Waals surface area contributed by atoms with Gasteiger partial charge in [0.25, 0.3) is 11.8 Å². The summed E-state index contributed by atoms with van der Waals surface area (Å²) in [6, 6.07) is 23.5. The Morgan fingerprint density at radius 2 is 1.45 bits per heavy atom. The molecule has 0 aromatic heterocycles. The summed E-state index contributed by atoms with van der Waals surface area (Å²) in [5.41, 5.74) is 3.53. The van der Waals surface area contributed by atoms with Crippen LogP contribution in [-0.4, -0.2) is 34.7 Å².